The van der Waals surface area contributed by atoms with Crippen molar-refractivity contribution in [2.24, 2.45) is 11.8 Å². The molecule has 3 atom stereocenters. The number of benzene rings is 1. The molecule has 26 heavy (non-hydrogen) atoms. The van der Waals surface area contributed by atoms with E-state index in [1.165, 1.54) is 22.3 Å². The summed E-state index contributed by atoms with van der Waals surface area (Å²) in [6, 6.07) is 7.82. The minimum Gasteiger partial charge on any atom is -0.492 e. The molecule has 1 fully saturated rings. The van der Waals surface area contributed by atoms with E-state index in [0.717, 1.165) is 28.6 Å². The molecule has 1 aliphatic heterocycles. The molecule has 0 aliphatic carbocycles. The molecular formula is C19H23ClN4OS. The Bertz CT molecular complexity index is 927. The predicted molar refractivity (Wildman–Crippen MR) is 105 cm³/mol. The molecule has 1 saturated heterocycles. The zero-order valence-electron chi connectivity index (χ0n) is 15.2. The van der Waals surface area contributed by atoms with Gasteiger partial charge in [0.2, 0.25) is 10.8 Å². The van der Waals surface area contributed by atoms with E-state index in [1.54, 1.807) is 0 Å². The number of piperidine rings is 1. The fourth-order valence-electron chi connectivity index (χ4n) is 4.15. The number of likely N-dealkylation sites (tertiary alicyclic amines) is 1. The van der Waals surface area contributed by atoms with Gasteiger partial charge in [-0.15, -0.1) is 5.10 Å². The summed E-state index contributed by atoms with van der Waals surface area (Å²) in [6.45, 7) is 8.37. The molecule has 3 heterocycles. The van der Waals surface area contributed by atoms with Crippen LogP contribution in [0.4, 0.5) is 0 Å². The second kappa shape index (κ2) is 6.83. The van der Waals surface area contributed by atoms with Gasteiger partial charge < -0.3 is 5.11 Å². The fourth-order valence-corrected chi connectivity index (χ4v) is 5.54. The van der Waals surface area contributed by atoms with Crippen LogP contribution in [-0.2, 0) is 0 Å². The number of aryl methyl sites for hydroxylation is 1. The molecule has 0 radical (unpaired) electrons. The quantitative estimate of drug-likeness (QED) is 0.714. The highest BCUT2D eigenvalue weighted by atomic mass is 35.5. The van der Waals surface area contributed by atoms with E-state index in [2.05, 4.69) is 34.9 Å². The van der Waals surface area contributed by atoms with Crippen LogP contribution in [0, 0.1) is 18.8 Å². The normalized spacial score (nSPS) is 22.8. The number of halogens is 1. The van der Waals surface area contributed by atoms with Crippen LogP contribution in [-0.4, -0.2) is 37.7 Å². The van der Waals surface area contributed by atoms with Gasteiger partial charge >= 0.3 is 0 Å². The molecular weight excluding hydrogens is 368 g/mol. The largest absolute Gasteiger partial charge is 0.492 e. The van der Waals surface area contributed by atoms with Gasteiger partial charge in [0, 0.05) is 18.1 Å². The molecule has 1 aliphatic rings. The van der Waals surface area contributed by atoms with Crippen molar-refractivity contribution in [1.82, 2.24) is 19.5 Å². The molecule has 0 spiro atoms. The van der Waals surface area contributed by atoms with Crippen LogP contribution < -0.4 is 0 Å². The number of hydrogen-bond acceptors (Lipinski definition) is 5. The van der Waals surface area contributed by atoms with Crippen LogP contribution in [0.5, 0.6) is 5.88 Å². The maximum atomic E-state index is 10.9. The third-order valence-electron chi connectivity index (χ3n) is 5.02. The van der Waals surface area contributed by atoms with Crippen molar-refractivity contribution >= 4 is 27.9 Å². The lowest BCUT2D eigenvalue weighted by Gasteiger charge is -2.40. The lowest BCUT2D eigenvalue weighted by atomic mass is 9.89. The van der Waals surface area contributed by atoms with Crippen LogP contribution in [0.3, 0.4) is 0 Å². The zero-order chi connectivity index (χ0) is 18.4. The van der Waals surface area contributed by atoms with Gasteiger partial charge in [0.15, 0.2) is 0 Å². The first-order chi connectivity index (χ1) is 12.4. The minimum absolute atomic E-state index is 0.0947. The van der Waals surface area contributed by atoms with Crippen molar-refractivity contribution < 1.29 is 5.11 Å². The molecule has 1 aromatic carbocycles. The van der Waals surface area contributed by atoms with Gasteiger partial charge in [-0.05, 0) is 36.8 Å². The van der Waals surface area contributed by atoms with Crippen molar-refractivity contribution in [3.8, 4) is 5.88 Å². The van der Waals surface area contributed by atoms with Gasteiger partial charge in [0.25, 0.3) is 0 Å². The van der Waals surface area contributed by atoms with E-state index < -0.39 is 0 Å². The number of rotatable bonds is 3. The summed E-state index contributed by atoms with van der Waals surface area (Å²) < 4.78 is 1.54. The summed E-state index contributed by atoms with van der Waals surface area (Å²) in [6.07, 6.45) is 1.23. The van der Waals surface area contributed by atoms with E-state index in [-0.39, 0.29) is 11.9 Å². The summed E-state index contributed by atoms with van der Waals surface area (Å²) in [5.74, 6) is 2.04. The third-order valence-corrected chi connectivity index (χ3v) is 6.43. The molecule has 4 rings (SSSR count). The molecule has 0 saturated carbocycles. The number of aromatic hydroxyl groups is 1. The summed E-state index contributed by atoms with van der Waals surface area (Å²) in [4.78, 5) is 8.44. The van der Waals surface area contributed by atoms with Crippen molar-refractivity contribution in [2.75, 3.05) is 13.1 Å². The van der Waals surface area contributed by atoms with E-state index in [4.69, 9.17) is 11.6 Å². The second-order valence-electron chi connectivity index (χ2n) is 7.47. The molecule has 138 valence electrons. The van der Waals surface area contributed by atoms with Crippen LogP contribution in [0.25, 0.3) is 4.96 Å². The summed E-state index contributed by atoms with van der Waals surface area (Å²) in [5, 5.41) is 15.9. The van der Waals surface area contributed by atoms with Crippen molar-refractivity contribution in [1.29, 1.82) is 0 Å². The van der Waals surface area contributed by atoms with E-state index in [9.17, 15) is 5.11 Å². The summed E-state index contributed by atoms with van der Waals surface area (Å²) in [5.41, 5.74) is 1.02. The van der Waals surface area contributed by atoms with Crippen molar-refractivity contribution in [3.63, 3.8) is 0 Å². The Morgan fingerprint density at radius 1 is 1.23 bits per heavy atom. The third kappa shape index (κ3) is 3.10. The van der Waals surface area contributed by atoms with Gasteiger partial charge in [-0.3, -0.25) is 4.90 Å². The maximum Gasteiger partial charge on any atom is 0.230 e. The van der Waals surface area contributed by atoms with E-state index in [0.29, 0.717) is 22.6 Å². The highest BCUT2D eigenvalue weighted by Gasteiger charge is 2.34. The van der Waals surface area contributed by atoms with Crippen LogP contribution >= 0.6 is 22.9 Å². The number of nitrogens with zero attached hydrogens (tertiary/aromatic N) is 4. The second-order valence-corrected chi connectivity index (χ2v) is 8.88. The lowest BCUT2D eigenvalue weighted by Crippen LogP contribution is -2.41. The average molecular weight is 391 g/mol. The predicted octanol–water partition coefficient (Wildman–Crippen LogP) is 4.53. The molecule has 0 bridgehead atoms. The van der Waals surface area contributed by atoms with Crippen molar-refractivity contribution in [2.45, 2.75) is 33.2 Å². The van der Waals surface area contributed by atoms with Gasteiger partial charge in [-0.25, -0.2) is 4.98 Å². The summed E-state index contributed by atoms with van der Waals surface area (Å²) in [7, 11) is 0. The van der Waals surface area contributed by atoms with Crippen LogP contribution in [0.2, 0.25) is 5.02 Å². The monoisotopic (exact) mass is 390 g/mol. The standard InChI is InChI=1S/C19H23ClN4OS/c1-11-8-12(2)10-23(9-11)16(14-6-4-5-7-15(14)20)17-18(25)24-19(26-17)21-13(3)22-24/h4-7,11-12,16,25H,8-10H2,1-3H3/t11-,12-,16-/m0/s1. The highest BCUT2D eigenvalue weighted by Crippen LogP contribution is 2.43. The number of fused-ring (bicyclic) bond motifs is 1. The number of aromatic nitrogens is 3. The van der Waals surface area contributed by atoms with Gasteiger partial charge in [0.05, 0.1) is 10.9 Å². The van der Waals surface area contributed by atoms with Crippen molar-refractivity contribution in [3.05, 3.63) is 45.6 Å². The maximum absolute atomic E-state index is 10.9. The lowest BCUT2D eigenvalue weighted by molar-refractivity contribution is 0.112. The molecule has 1 N–H and O–H groups in total. The Labute approximate surface area is 162 Å². The molecule has 0 unspecified atom stereocenters. The van der Waals surface area contributed by atoms with Gasteiger partial charge in [-0.2, -0.15) is 4.52 Å². The molecule has 0 amide bonds. The minimum atomic E-state index is -0.0947. The van der Waals surface area contributed by atoms with E-state index in [1.807, 2.05) is 25.1 Å². The number of thiazole rings is 1. The fraction of sp³-hybridized carbons (Fsp3) is 0.474. The summed E-state index contributed by atoms with van der Waals surface area (Å²) >= 11 is 8.06. The van der Waals surface area contributed by atoms with Crippen LogP contribution in [0.15, 0.2) is 24.3 Å². The Hall–Kier alpha value is -1.63. The van der Waals surface area contributed by atoms with Crippen LogP contribution in [0.1, 0.15) is 42.6 Å². The molecule has 5 nitrogen and oxygen atoms in total. The molecule has 3 aromatic rings. The Morgan fingerprint density at radius 2 is 1.92 bits per heavy atom. The Morgan fingerprint density at radius 3 is 2.58 bits per heavy atom. The Kier molecular flexibility index (Phi) is 4.67. The van der Waals surface area contributed by atoms with Gasteiger partial charge in [-0.1, -0.05) is 55.0 Å². The topological polar surface area (TPSA) is 53.7 Å². The molecule has 2 aromatic heterocycles. The van der Waals surface area contributed by atoms with E-state index >= 15 is 0 Å². The number of hydrogen-bond donors (Lipinski definition) is 1. The first-order valence-electron chi connectivity index (χ1n) is 8.97. The smallest absolute Gasteiger partial charge is 0.230 e. The van der Waals surface area contributed by atoms with Gasteiger partial charge in [0.1, 0.15) is 5.82 Å². The molecule has 7 heteroatoms. The SMILES string of the molecule is Cc1nc2sc([C@H](c3ccccc3Cl)N3C[C@@H](C)C[C@H](C)C3)c(O)n2n1. The first-order valence-corrected chi connectivity index (χ1v) is 10.2. The zero-order valence-corrected chi connectivity index (χ0v) is 16.8. The Balaban J connectivity index is 1.85. The first kappa shape index (κ1) is 17.8. The average Bonchev–Trinajstić information content (AvgIpc) is 3.07. The highest BCUT2D eigenvalue weighted by molar-refractivity contribution is 7.17.